The van der Waals surface area contributed by atoms with E-state index < -0.39 is 16.6 Å². The molecule has 6 atom stereocenters. The van der Waals surface area contributed by atoms with Crippen LogP contribution in [0.4, 0.5) is 0 Å². The van der Waals surface area contributed by atoms with Crippen LogP contribution in [0.5, 0.6) is 0 Å². The Kier molecular flexibility index (Phi) is 3.47. The van der Waals surface area contributed by atoms with Crippen molar-refractivity contribution in [3.8, 4) is 0 Å². The monoisotopic (exact) mass is 326 g/mol. The fraction of sp³-hybridized carbons (Fsp3) is 1.00. The average molecular weight is 327 g/mol. The Morgan fingerprint density at radius 1 is 0.667 bits per heavy atom. The summed E-state index contributed by atoms with van der Waals surface area (Å²) in [5.74, 6) is 0. The first-order chi connectivity index (χ1) is 9.85. The first kappa shape index (κ1) is 14.9. The Morgan fingerprint density at radius 2 is 1.10 bits per heavy atom. The van der Waals surface area contributed by atoms with Gasteiger partial charge >= 0.3 is 0 Å². The molecule has 0 bridgehead atoms. The second-order valence-electron chi connectivity index (χ2n) is 8.75. The van der Waals surface area contributed by atoms with E-state index in [0.29, 0.717) is 24.4 Å². The summed E-state index contributed by atoms with van der Waals surface area (Å²) in [7, 11) is -3.21. The third-order valence-electron chi connectivity index (χ3n) is 6.50. The largest absolute Gasteiger partial charge is 0.455 e. The van der Waals surface area contributed by atoms with E-state index in [1.54, 1.807) is 0 Å². The van der Waals surface area contributed by atoms with Crippen molar-refractivity contribution in [2.45, 2.75) is 100 Å². The topological polar surface area (TPSA) is 34.3 Å². The van der Waals surface area contributed by atoms with E-state index in [2.05, 4.69) is 26.2 Å². The van der Waals surface area contributed by atoms with E-state index in [0.717, 1.165) is 11.1 Å². The van der Waals surface area contributed by atoms with Crippen molar-refractivity contribution in [1.82, 2.24) is 0 Å². The number of epoxide rings is 2. The molecule has 0 spiro atoms. The van der Waals surface area contributed by atoms with Crippen molar-refractivity contribution in [1.29, 1.82) is 0 Å². The van der Waals surface area contributed by atoms with Gasteiger partial charge in [0.05, 0.1) is 24.4 Å². The third-order valence-corrected chi connectivity index (χ3v) is 15.7. The minimum absolute atomic E-state index is 0.583. The molecule has 2 heterocycles. The lowest BCUT2D eigenvalue weighted by Gasteiger charge is -2.43. The summed E-state index contributed by atoms with van der Waals surface area (Å²) in [5.41, 5.74) is 1.61. The predicted molar refractivity (Wildman–Crippen MR) is 88.6 cm³/mol. The highest BCUT2D eigenvalue weighted by Crippen LogP contribution is 2.50. The zero-order valence-corrected chi connectivity index (χ0v) is 15.9. The summed E-state index contributed by atoms with van der Waals surface area (Å²) in [6.45, 7) is 9.87. The maximum atomic E-state index is 7.00. The molecule has 2 aliphatic heterocycles. The highest BCUT2D eigenvalue weighted by atomic mass is 28.4. The Hall–Kier alpha value is 0.314. The van der Waals surface area contributed by atoms with Gasteiger partial charge in [-0.2, -0.15) is 0 Å². The molecule has 21 heavy (non-hydrogen) atoms. The quantitative estimate of drug-likeness (QED) is 0.577. The lowest BCUT2D eigenvalue weighted by Crippen LogP contribution is -2.51. The van der Waals surface area contributed by atoms with Crippen LogP contribution < -0.4 is 0 Å². The minimum atomic E-state index is -1.60. The molecule has 2 aliphatic carbocycles. The van der Waals surface area contributed by atoms with E-state index in [-0.39, 0.29) is 0 Å². The first-order valence-corrected chi connectivity index (χ1v) is 14.8. The highest BCUT2D eigenvalue weighted by molar-refractivity contribution is 6.86. The van der Waals surface area contributed by atoms with E-state index >= 15 is 0 Å². The Labute approximate surface area is 131 Å². The van der Waals surface area contributed by atoms with Gasteiger partial charge in [-0.25, -0.2) is 0 Å². The second-order valence-corrected chi connectivity index (χ2v) is 17.6. The molecular weight excluding hydrogens is 296 g/mol. The molecule has 0 aromatic heterocycles. The molecular formula is C16H30O3Si2. The third kappa shape index (κ3) is 2.92. The Bertz CT molecular complexity index is 388. The molecule has 0 aromatic carbocycles. The molecule has 0 N–H and O–H groups in total. The average Bonchev–Trinajstić information content (AvgIpc) is 3.29. The number of hydrogen-bond donors (Lipinski definition) is 0. The van der Waals surface area contributed by atoms with Gasteiger partial charge in [-0.05, 0) is 75.8 Å². The van der Waals surface area contributed by atoms with Gasteiger partial charge in [0.2, 0.25) is 0 Å². The summed E-state index contributed by atoms with van der Waals surface area (Å²) in [4.78, 5) is 0. The number of fused-ring (bicyclic) bond motifs is 2. The molecule has 4 fully saturated rings. The van der Waals surface area contributed by atoms with Crippen molar-refractivity contribution < 1.29 is 13.6 Å². The Morgan fingerprint density at radius 3 is 1.48 bits per heavy atom. The first-order valence-electron chi connectivity index (χ1n) is 8.86. The van der Waals surface area contributed by atoms with Gasteiger partial charge < -0.3 is 13.6 Å². The lowest BCUT2D eigenvalue weighted by molar-refractivity contribution is 0.370. The highest BCUT2D eigenvalue weighted by Gasteiger charge is 2.53. The maximum Gasteiger partial charge on any atom is 0.176 e. The molecule has 3 nitrogen and oxygen atoms in total. The molecule has 6 unspecified atom stereocenters. The maximum absolute atomic E-state index is 7.00. The van der Waals surface area contributed by atoms with E-state index in [1.165, 1.54) is 38.5 Å². The van der Waals surface area contributed by atoms with Gasteiger partial charge in [0, 0.05) is 0 Å². The minimum Gasteiger partial charge on any atom is -0.455 e. The molecule has 0 aromatic rings. The van der Waals surface area contributed by atoms with Crippen LogP contribution in [0, 0.1) is 0 Å². The molecule has 2 saturated heterocycles. The van der Waals surface area contributed by atoms with Gasteiger partial charge in [0.15, 0.2) is 16.6 Å². The molecule has 0 amide bonds. The van der Waals surface area contributed by atoms with E-state index in [1.807, 2.05) is 0 Å². The van der Waals surface area contributed by atoms with Crippen LogP contribution >= 0.6 is 0 Å². The van der Waals surface area contributed by atoms with E-state index in [9.17, 15) is 0 Å². The van der Waals surface area contributed by atoms with Crippen LogP contribution in [0.15, 0.2) is 0 Å². The van der Waals surface area contributed by atoms with Gasteiger partial charge in [-0.15, -0.1) is 0 Å². The summed E-state index contributed by atoms with van der Waals surface area (Å²) < 4.78 is 18.5. The number of ether oxygens (including phenoxy) is 2. The molecule has 2 saturated carbocycles. The summed E-state index contributed by atoms with van der Waals surface area (Å²) in [6, 6.07) is 0. The van der Waals surface area contributed by atoms with Crippen LogP contribution in [-0.4, -0.2) is 41.1 Å². The second kappa shape index (κ2) is 4.90. The van der Waals surface area contributed by atoms with Crippen LogP contribution in [0.2, 0.25) is 37.3 Å². The smallest absolute Gasteiger partial charge is 0.176 e. The molecule has 4 rings (SSSR count). The Balaban J connectivity index is 1.40. The fourth-order valence-electron chi connectivity index (χ4n) is 4.92. The van der Waals surface area contributed by atoms with Crippen molar-refractivity contribution in [2.75, 3.05) is 0 Å². The standard InChI is InChI=1S/C16H30O3Si2/c1-20(2,11-5-7-13-15(9-11)17-13)19-21(3,4)12-6-8-14-16(10-12)18-14/h11-16H,5-10H2,1-4H3. The van der Waals surface area contributed by atoms with Crippen LogP contribution in [0.1, 0.15) is 38.5 Å². The van der Waals surface area contributed by atoms with Crippen LogP contribution in [0.3, 0.4) is 0 Å². The summed E-state index contributed by atoms with van der Waals surface area (Å²) >= 11 is 0. The number of rotatable bonds is 4. The normalized spacial score (nSPS) is 45.7. The van der Waals surface area contributed by atoms with Crippen molar-refractivity contribution in [2.24, 2.45) is 0 Å². The van der Waals surface area contributed by atoms with Gasteiger partial charge in [0.25, 0.3) is 0 Å². The predicted octanol–water partition coefficient (Wildman–Crippen LogP) is 4.06. The summed E-state index contributed by atoms with van der Waals surface area (Å²) in [6.07, 6.45) is 10.2. The van der Waals surface area contributed by atoms with Crippen LogP contribution in [0.25, 0.3) is 0 Å². The van der Waals surface area contributed by atoms with E-state index in [4.69, 9.17) is 13.6 Å². The van der Waals surface area contributed by atoms with Gasteiger partial charge in [-0.1, -0.05) is 0 Å². The van der Waals surface area contributed by atoms with Gasteiger partial charge in [0.1, 0.15) is 0 Å². The van der Waals surface area contributed by atoms with Crippen molar-refractivity contribution in [3.63, 3.8) is 0 Å². The van der Waals surface area contributed by atoms with Crippen molar-refractivity contribution in [3.05, 3.63) is 0 Å². The zero-order chi connectivity index (χ0) is 14.8. The fourth-order valence-corrected chi connectivity index (χ4v) is 15.0. The molecule has 0 radical (unpaired) electrons. The summed E-state index contributed by atoms with van der Waals surface area (Å²) in [5, 5.41) is 0. The molecule has 4 aliphatic rings. The SMILES string of the molecule is C[Si](C)(O[Si](C)(C)C1CCC2OC2C1)C1CCC2OC2C1. The molecule has 120 valence electrons. The molecule has 5 heteroatoms. The zero-order valence-electron chi connectivity index (χ0n) is 13.9. The lowest BCUT2D eigenvalue weighted by atomic mass is 10.0. The van der Waals surface area contributed by atoms with Crippen LogP contribution in [-0.2, 0) is 13.6 Å². The van der Waals surface area contributed by atoms with Crippen molar-refractivity contribution >= 4 is 16.6 Å². The number of hydrogen-bond acceptors (Lipinski definition) is 3. The van der Waals surface area contributed by atoms with Gasteiger partial charge in [-0.3, -0.25) is 0 Å².